The van der Waals surface area contributed by atoms with Crippen molar-refractivity contribution in [1.82, 2.24) is 20.4 Å². The van der Waals surface area contributed by atoms with Gasteiger partial charge in [0, 0.05) is 38.6 Å². The van der Waals surface area contributed by atoms with Crippen molar-refractivity contribution in [2.24, 2.45) is 5.92 Å². The zero-order chi connectivity index (χ0) is 19.9. The first-order valence-electron chi connectivity index (χ1n) is 11.2. The molecule has 3 aliphatic rings. The lowest BCUT2D eigenvalue weighted by molar-refractivity contribution is -0.125. The molecule has 3 saturated heterocycles. The van der Waals surface area contributed by atoms with Gasteiger partial charge in [-0.05, 0) is 63.9 Å². The number of hydrogen-bond acceptors (Lipinski definition) is 7. The minimum absolute atomic E-state index is 0.124. The van der Waals surface area contributed by atoms with E-state index in [0.717, 1.165) is 83.4 Å². The van der Waals surface area contributed by atoms with E-state index in [0.29, 0.717) is 0 Å². The number of piperidine rings is 1. The van der Waals surface area contributed by atoms with Gasteiger partial charge >= 0.3 is 0 Å². The quantitative estimate of drug-likeness (QED) is 0.686. The molecule has 1 amide bonds. The summed E-state index contributed by atoms with van der Waals surface area (Å²) in [5.74, 6) is 2.17. The Morgan fingerprint density at radius 3 is 2.21 bits per heavy atom. The molecule has 0 unspecified atom stereocenters. The highest BCUT2D eigenvalue weighted by Gasteiger charge is 2.26. The first-order chi connectivity index (χ1) is 14.3. The third-order valence-electron chi connectivity index (χ3n) is 6.31. The third kappa shape index (κ3) is 5.57. The van der Waals surface area contributed by atoms with E-state index in [2.05, 4.69) is 36.3 Å². The van der Waals surface area contributed by atoms with E-state index in [1.54, 1.807) is 0 Å². The van der Waals surface area contributed by atoms with Crippen LogP contribution in [0.25, 0.3) is 0 Å². The van der Waals surface area contributed by atoms with Crippen LogP contribution in [0.2, 0.25) is 0 Å². The number of likely N-dealkylation sites (tertiary alicyclic amines) is 1. The molecule has 4 heterocycles. The average Bonchev–Trinajstić information content (AvgIpc) is 3.31. The fourth-order valence-corrected chi connectivity index (χ4v) is 4.48. The smallest absolute Gasteiger partial charge is 0.223 e. The molecule has 160 valence electrons. The molecule has 1 aromatic heterocycles. The second-order valence-electron chi connectivity index (χ2n) is 8.30. The van der Waals surface area contributed by atoms with Gasteiger partial charge in [-0.2, -0.15) is 0 Å². The molecule has 3 fully saturated rings. The minimum Gasteiger partial charge on any atom is -0.378 e. The van der Waals surface area contributed by atoms with E-state index in [4.69, 9.17) is 4.74 Å². The van der Waals surface area contributed by atoms with Crippen LogP contribution in [-0.4, -0.2) is 86.6 Å². The molecule has 0 aromatic carbocycles. The van der Waals surface area contributed by atoms with Crippen LogP contribution in [0.4, 0.5) is 11.6 Å². The Labute approximate surface area is 173 Å². The molecule has 0 bridgehead atoms. The highest BCUT2D eigenvalue weighted by atomic mass is 16.5. The largest absolute Gasteiger partial charge is 0.378 e. The molecule has 0 spiro atoms. The van der Waals surface area contributed by atoms with Gasteiger partial charge in [-0.25, -0.2) is 0 Å². The van der Waals surface area contributed by atoms with E-state index in [1.165, 1.54) is 25.9 Å². The molecule has 0 aliphatic carbocycles. The van der Waals surface area contributed by atoms with E-state index >= 15 is 0 Å². The first-order valence-corrected chi connectivity index (χ1v) is 11.2. The number of ether oxygens (including phenoxy) is 1. The summed E-state index contributed by atoms with van der Waals surface area (Å²) in [5.41, 5.74) is 0. The lowest BCUT2D eigenvalue weighted by atomic mass is 9.96. The van der Waals surface area contributed by atoms with Crippen molar-refractivity contribution in [2.45, 2.75) is 32.1 Å². The van der Waals surface area contributed by atoms with Crippen molar-refractivity contribution in [3.05, 3.63) is 12.1 Å². The molecule has 1 aromatic rings. The van der Waals surface area contributed by atoms with Gasteiger partial charge in [0.05, 0.1) is 13.2 Å². The predicted molar refractivity (Wildman–Crippen MR) is 113 cm³/mol. The van der Waals surface area contributed by atoms with Gasteiger partial charge in [-0.3, -0.25) is 4.79 Å². The van der Waals surface area contributed by atoms with Gasteiger partial charge in [-0.1, -0.05) is 0 Å². The van der Waals surface area contributed by atoms with Gasteiger partial charge in [0.25, 0.3) is 0 Å². The highest BCUT2D eigenvalue weighted by molar-refractivity contribution is 5.78. The maximum absolute atomic E-state index is 12.5. The molecule has 3 aliphatic heterocycles. The fraction of sp³-hybridized carbons (Fsp3) is 0.762. The number of carbonyl (C=O) groups excluding carboxylic acids is 1. The van der Waals surface area contributed by atoms with Crippen LogP contribution < -0.4 is 15.1 Å². The monoisotopic (exact) mass is 402 g/mol. The Hall–Kier alpha value is -1.93. The van der Waals surface area contributed by atoms with Crippen LogP contribution in [0.3, 0.4) is 0 Å². The predicted octanol–water partition coefficient (Wildman–Crippen LogP) is 1.13. The number of nitrogens with one attached hydrogen (secondary N) is 1. The van der Waals surface area contributed by atoms with Gasteiger partial charge in [0.1, 0.15) is 0 Å². The van der Waals surface area contributed by atoms with Crippen LogP contribution in [0.5, 0.6) is 0 Å². The maximum atomic E-state index is 12.5. The van der Waals surface area contributed by atoms with E-state index in [1.807, 2.05) is 6.07 Å². The van der Waals surface area contributed by atoms with E-state index in [9.17, 15) is 4.79 Å². The number of anilines is 2. The first kappa shape index (κ1) is 20.3. The van der Waals surface area contributed by atoms with Crippen molar-refractivity contribution in [3.8, 4) is 0 Å². The van der Waals surface area contributed by atoms with Gasteiger partial charge in [0.2, 0.25) is 5.91 Å². The fourth-order valence-electron chi connectivity index (χ4n) is 4.48. The molecule has 8 nitrogen and oxygen atoms in total. The Morgan fingerprint density at radius 1 is 0.966 bits per heavy atom. The van der Waals surface area contributed by atoms with Gasteiger partial charge in [0.15, 0.2) is 11.6 Å². The van der Waals surface area contributed by atoms with Gasteiger partial charge < -0.3 is 24.8 Å². The Morgan fingerprint density at radius 2 is 1.59 bits per heavy atom. The molecule has 0 atom stereocenters. The molecule has 0 saturated carbocycles. The molecule has 1 N–H and O–H groups in total. The molecule has 29 heavy (non-hydrogen) atoms. The second kappa shape index (κ2) is 10.2. The third-order valence-corrected chi connectivity index (χ3v) is 6.31. The lowest BCUT2D eigenvalue weighted by Gasteiger charge is -2.32. The summed E-state index contributed by atoms with van der Waals surface area (Å²) in [6, 6.07) is 4.10. The van der Waals surface area contributed by atoms with Crippen molar-refractivity contribution >= 4 is 17.5 Å². The zero-order valence-corrected chi connectivity index (χ0v) is 17.4. The van der Waals surface area contributed by atoms with Crippen molar-refractivity contribution < 1.29 is 9.53 Å². The summed E-state index contributed by atoms with van der Waals surface area (Å²) in [7, 11) is 0. The second-order valence-corrected chi connectivity index (χ2v) is 8.30. The maximum Gasteiger partial charge on any atom is 0.223 e. The summed E-state index contributed by atoms with van der Waals surface area (Å²) in [5, 5.41) is 12.0. The number of amides is 1. The topological polar surface area (TPSA) is 73.8 Å². The minimum atomic E-state index is 0.124. The zero-order valence-electron chi connectivity index (χ0n) is 17.4. The lowest BCUT2D eigenvalue weighted by Crippen LogP contribution is -2.41. The standard InChI is InChI=1S/C21H34N6O2/c28-21(22-8-3-11-25-9-1-2-10-25)18-6-12-26(13-7-18)19-4-5-20(24-23-19)27-14-16-29-17-15-27/h4-5,18H,1-3,6-17H2,(H,22,28). The van der Waals surface area contributed by atoms with Crippen LogP contribution in [0.15, 0.2) is 12.1 Å². The summed E-state index contributed by atoms with van der Waals surface area (Å²) in [4.78, 5) is 19.4. The van der Waals surface area contributed by atoms with Crippen molar-refractivity contribution in [1.29, 1.82) is 0 Å². The van der Waals surface area contributed by atoms with Crippen LogP contribution in [0.1, 0.15) is 32.1 Å². The molecule has 8 heteroatoms. The summed E-state index contributed by atoms with van der Waals surface area (Å²) < 4.78 is 5.39. The summed E-state index contributed by atoms with van der Waals surface area (Å²) in [6.45, 7) is 9.30. The highest BCUT2D eigenvalue weighted by Crippen LogP contribution is 2.23. The summed E-state index contributed by atoms with van der Waals surface area (Å²) >= 11 is 0. The number of nitrogens with zero attached hydrogens (tertiary/aromatic N) is 5. The van der Waals surface area contributed by atoms with Gasteiger partial charge in [-0.15, -0.1) is 10.2 Å². The van der Waals surface area contributed by atoms with Crippen LogP contribution in [-0.2, 0) is 9.53 Å². The van der Waals surface area contributed by atoms with Crippen LogP contribution in [0, 0.1) is 5.92 Å². The van der Waals surface area contributed by atoms with Crippen molar-refractivity contribution in [2.75, 3.05) is 75.4 Å². The number of morpholine rings is 1. The van der Waals surface area contributed by atoms with Crippen LogP contribution >= 0.6 is 0 Å². The molecular weight excluding hydrogens is 368 g/mol. The van der Waals surface area contributed by atoms with E-state index in [-0.39, 0.29) is 11.8 Å². The number of hydrogen-bond donors (Lipinski definition) is 1. The number of rotatable bonds is 7. The van der Waals surface area contributed by atoms with E-state index < -0.39 is 0 Å². The molecule has 0 radical (unpaired) electrons. The Bertz CT molecular complexity index is 635. The molecule has 4 rings (SSSR count). The number of aromatic nitrogens is 2. The van der Waals surface area contributed by atoms with Crippen molar-refractivity contribution in [3.63, 3.8) is 0 Å². The number of carbonyl (C=O) groups is 1. The molecular formula is C21H34N6O2. The SMILES string of the molecule is O=C(NCCCN1CCCC1)C1CCN(c2ccc(N3CCOCC3)nn2)CC1. The Balaban J connectivity index is 1.17. The normalized spacial score (nSPS) is 21.5. The average molecular weight is 403 g/mol. The summed E-state index contributed by atoms with van der Waals surface area (Å²) in [6.07, 6.45) is 5.46. The Kier molecular flexibility index (Phi) is 7.16.